The molecule has 0 unspecified atom stereocenters. The third-order valence-corrected chi connectivity index (χ3v) is 2.92. The molecule has 0 radical (unpaired) electrons. The first-order valence-electron chi connectivity index (χ1n) is 6.36. The third-order valence-electron chi connectivity index (χ3n) is 2.92. The van der Waals surface area contributed by atoms with Gasteiger partial charge in [0.1, 0.15) is 18.4 Å². The minimum absolute atomic E-state index is 0.198. The number of rotatable bonds is 4. The number of aromatic nitrogens is 2. The molecule has 1 heterocycles. The van der Waals surface area contributed by atoms with Gasteiger partial charge in [-0.2, -0.15) is 0 Å². The average molecular weight is 270 g/mol. The van der Waals surface area contributed by atoms with Crippen molar-refractivity contribution in [1.82, 2.24) is 9.97 Å². The fraction of sp³-hybridized carbons (Fsp3) is 0.188. The number of allylic oxidation sites excluding steroid dienone is 1. The van der Waals surface area contributed by atoms with Crippen molar-refractivity contribution in [3.8, 4) is 11.3 Å². The molecule has 0 aliphatic carbocycles. The SMILES string of the molecule is CC(C)c1ncnc(-c2ccc(F)cc2)c1C=CC=O. The molecule has 0 spiro atoms. The molecule has 0 N–H and O–H groups in total. The Hall–Kier alpha value is -2.36. The lowest BCUT2D eigenvalue weighted by molar-refractivity contribution is -0.104. The van der Waals surface area contributed by atoms with Crippen LogP contribution in [0.3, 0.4) is 0 Å². The topological polar surface area (TPSA) is 42.9 Å². The number of carbonyl (C=O) groups is 1. The predicted molar refractivity (Wildman–Crippen MR) is 76.6 cm³/mol. The fourth-order valence-electron chi connectivity index (χ4n) is 2.01. The molecule has 0 aliphatic heterocycles. The maximum absolute atomic E-state index is 13.0. The summed E-state index contributed by atoms with van der Waals surface area (Å²) in [6, 6.07) is 6.11. The van der Waals surface area contributed by atoms with E-state index in [9.17, 15) is 9.18 Å². The first-order chi connectivity index (χ1) is 9.63. The van der Waals surface area contributed by atoms with Crippen molar-refractivity contribution in [2.45, 2.75) is 19.8 Å². The van der Waals surface area contributed by atoms with Crippen molar-refractivity contribution in [3.05, 3.63) is 53.7 Å². The number of nitrogens with zero attached hydrogens (tertiary/aromatic N) is 2. The maximum Gasteiger partial charge on any atom is 0.142 e. The second-order valence-corrected chi connectivity index (χ2v) is 4.68. The molecule has 102 valence electrons. The molecule has 0 atom stereocenters. The highest BCUT2D eigenvalue weighted by Gasteiger charge is 2.13. The summed E-state index contributed by atoms with van der Waals surface area (Å²) in [5.41, 5.74) is 3.14. The second kappa shape index (κ2) is 6.19. The Morgan fingerprint density at radius 1 is 1.15 bits per heavy atom. The molecule has 2 rings (SSSR count). The lowest BCUT2D eigenvalue weighted by atomic mass is 9.98. The van der Waals surface area contributed by atoms with E-state index in [-0.39, 0.29) is 11.7 Å². The third kappa shape index (κ3) is 2.96. The van der Waals surface area contributed by atoms with Gasteiger partial charge in [0.15, 0.2) is 0 Å². The summed E-state index contributed by atoms with van der Waals surface area (Å²) in [4.78, 5) is 19.1. The standard InChI is InChI=1S/C16H15FN2O/c1-11(2)15-14(4-3-9-20)16(19-10-18-15)12-5-7-13(17)8-6-12/h3-11H,1-2H3. The van der Waals surface area contributed by atoms with Gasteiger partial charge in [-0.05, 0) is 42.3 Å². The molecule has 0 saturated carbocycles. The van der Waals surface area contributed by atoms with Crippen LogP contribution in [0.2, 0.25) is 0 Å². The fourth-order valence-corrected chi connectivity index (χ4v) is 2.01. The summed E-state index contributed by atoms with van der Waals surface area (Å²) in [6.45, 7) is 4.05. The normalized spacial score (nSPS) is 11.2. The molecular formula is C16H15FN2O. The Morgan fingerprint density at radius 3 is 2.45 bits per heavy atom. The molecular weight excluding hydrogens is 255 g/mol. The summed E-state index contributed by atoms with van der Waals surface area (Å²) in [5.74, 6) is -0.0969. The number of hydrogen-bond acceptors (Lipinski definition) is 3. The minimum atomic E-state index is -0.295. The molecule has 20 heavy (non-hydrogen) atoms. The minimum Gasteiger partial charge on any atom is -0.299 e. The Kier molecular flexibility index (Phi) is 4.35. The number of halogens is 1. The predicted octanol–water partition coefficient (Wildman–Crippen LogP) is 3.62. The van der Waals surface area contributed by atoms with Gasteiger partial charge in [-0.25, -0.2) is 14.4 Å². The summed E-state index contributed by atoms with van der Waals surface area (Å²) < 4.78 is 13.0. The van der Waals surface area contributed by atoms with E-state index in [0.717, 1.165) is 16.8 Å². The molecule has 3 nitrogen and oxygen atoms in total. The van der Waals surface area contributed by atoms with Gasteiger partial charge < -0.3 is 0 Å². The van der Waals surface area contributed by atoms with Crippen LogP contribution in [0, 0.1) is 5.82 Å². The summed E-state index contributed by atoms with van der Waals surface area (Å²) in [6.07, 6.45) is 5.32. The van der Waals surface area contributed by atoms with Crippen LogP contribution in [0.4, 0.5) is 4.39 Å². The van der Waals surface area contributed by atoms with E-state index in [4.69, 9.17) is 0 Å². The molecule has 0 saturated heterocycles. The molecule has 4 heteroatoms. The van der Waals surface area contributed by atoms with Crippen molar-refractivity contribution in [2.75, 3.05) is 0 Å². The zero-order valence-corrected chi connectivity index (χ0v) is 11.4. The summed E-state index contributed by atoms with van der Waals surface area (Å²) in [5, 5.41) is 0. The van der Waals surface area contributed by atoms with Crippen LogP contribution in [0.15, 0.2) is 36.7 Å². The van der Waals surface area contributed by atoms with Crippen LogP contribution in [-0.2, 0) is 4.79 Å². The highest BCUT2D eigenvalue weighted by Crippen LogP contribution is 2.27. The first-order valence-corrected chi connectivity index (χ1v) is 6.36. The van der Waals surface area contributed by atoms with Gasteiger partial charge in [-0.1, -0.05) is 13.8 Å². The Balaban J connectivity index is 2.62. The summed E-state index contributed by atoms with van der Waals surface area (Å²) >= 11 is 0. The van der Waals surface area contributed by atoms with E-state index in [2.05, 4.69) is 9.97 Å². The van der Waals surface area contributed by atoms with Crippen LogP contribution in [-0.4, -0.2) is 16.3 Å². The molecule has 0 fully saturated rings. The lowest BCUT2D eigenvalue weighted by Gasteiger charge is -2.12. The average Bonchev–Trinajstić information content (AvgIpc) is 2.45. The number of benzene rings is 1. The van der Waals surface area contributed by atoms with Crippen molar-refractivity contribution >= 4 is 12.4 Å². The van der Waals surface area contributed by atoms with Crippen LogP contribution in [0.25, 0.3) is 17.3 Å². The molecule has 0 amide bonds. The zero-order valence-electron chi connectivity index (χ0n) is 11.4. The van der Waals surface area contributed by atoms with Crippen molar-refractivity contribution < 1.29 is 9.18 Å². The maximum atomic E-state index is 13.0. The summed E-state index contributed by atoms with van der Waals surface area (Å²) in [7, 11) is 0. The number of aldehydes is 1. The largest absolute Gasteiger partial charge is 0.299 e. The van der Waals surface area contributed by atoms with Gasteiger partial charge in [0.25, 0.3) is 0 Å². The van der Waals surface area contributed by atoms with E-state index in [1.54, 1.807) is 18.2 Å². The molecule has 1 aromatic heterocycles. The van der Waals surface area contributed by atoms with Crippen LogP contribution in [0.5, 0.6) is 0 Å². The highest BCUT2D eigenvalue weighted by atomic mass is 19.1. The van der Waals surface area contributed by atoms with E-state index in [1.807, 2.05) is 13.8 Å². The van der Waals surface area contributed by atoms with Crippen molar-refractivity contribution in [3.63, 3.8) is 0 Å². The Labute approximate surface area is 117 Å². The zero-order chi connectivity index (χ0) is 14.5. The highest BCUT2D eigenvalue weighted by molar-refractivity contribution is 5.80. The Morgan fingerprint density at radius 2 is 1.85 bits per heavy atom. The molecule has 2 aromatic rings. The monoisotopic (exact) mass is 270 g/mol. The first kappa shape index (κ1) is 14.1. The van der Waals surface area contributed by atoms with Gasteiger partial charge in [0.2, 0.25) is 0 Å². The van der Waals surface area contributed by atoms with Crippen LogP contribution >= 0.6 is 0 Å². The van der Waals surface area contributed by atoms with Gasteiger partial charge >= 0.3 is 0 Å². The van der Waals surface area contributed by atoms with E-state index in [0.29, 0.717) is 12.0 Å². The van der Waals surface area contributed by atoms with Gasteiger partial charge in [-0.3, -0.25) is 4.79 Å². The number of carbonyl (C=O) groups excluding carboxylic acids is 1. The smallest absolute Gasteiger partial charge is 0.142 e. The second-order valence-electron chi connectivity index (χ2n) is 4.68. The van der Waals surface area contributed by atoms with Gasteiger partial charge in [0, 0.05) is 11.1 Å². The Bertz CT molecular complexity index is 633. The van der Waals surface area contributed by atoms with Crippen molar-refractivity contribution in [1.29, 1.82) is 0 Å². The van der Waals surface area contributed by atoms with E-state index < -0.39 is 0 Å². The van der Waals surface area contributed by atoms with Gasteiger partial charge in [0.05, 0.1) is 11.4 Å². The van der Waals surface area contributed by atoms with E-state index >= 15 is 0 Å². The molecule has 0 aliphatic rings. The molecule has 1 aromatic carbocycles. The van der Waals surface area contributed by atoms with Crippen LogP contribution in [0.1, 0.15) is 31.0 Å². The molecule has 0 bridgehead atoms. The van der Waals surface area contributed by atoms with E-state index in [1.165, 1.54) is 24.5 Å². The lowest BCUT2D eigenvalue weighted by Crippen LogP contribution is -2.01. The quantitative estimate of drug-likeness (QED) is 0.629. The van der Waals surface area contributed by atoms with Crippen LogP contribution < -0.4 is 0 Å². The number of hydrogen-bond donors (Lipinski definition) is 0. The van der Waals surface area contributed by atoms with Crippen molar-refractivity contribution in [2.24, 2.45) is 0 Å². The van der Waals surface area contributed by atoms with Gasteiger partial charge in [-0.15, -0.1) is 0 Å².